The summed E-state index contributed by atoms with van der Waals surface area (Å²) in [5.74, 6) is 0. The van der Waals surface area contributed by atoms with Crippen LogP contribution in [-0.2, 0) is 0 Å². The monoisotopic (exact) mass is 244 g/mol. The molecule has 0 heterocycles. The molecule has 1 saturated carbocycles. The SMILES string of the molecule is NC1CCCC1Nc1cccc(Cl)c1Cl. The van der Waals surface area contributed by atoms with Crippen molar-refractivity contribution in [1.29, 1.82) is 0 Å². The van der Waals surface area contributed by atoms with Crippen molar-refractivity contribution in [3.63, 3.8) is 0 Å². The van der Waals surface area contributed by atoms with Gasteiger partial charge in [-0.15, -0.1) is 0 Å². The molecule has 0 amide bonds. The van der Waals surface area contributed by atoms with E-state index in [0.717, 1.165) is 18.5 Å². The van der Waals surface area contributed by atoms with Crippen LogP contribution in [0.1, 0.15) is 19.3 Å². The van der Waals surface area contributed by atoms with Gasteiger partial charge >= 0.3 is 0 Å². The summed E-state index contributed by atoms with van der Waals surface area (Å²) in [5, 5.41) is 4.52. The van der Waals surface area contributed by atoms with Gasteiger partial charge in [-0.05, 0) is 31.4 Å². The second kappa shape index (κ2) is 4.60. The minimum absolute atomic E-state index is 0.222. The molecule has 2 unspecified atom stereocenters. The molecule has 2 rings (SSSR count). The zero-order valence-corrected chi connectivity index (χ0v) is 9.85. The predicted molar refractivity (Wildman–Crippen MR) is 65.7 cm³/mol. The molecule has 0 spiro atoms. The van der Waals surface area contributed by atoms with Crippen molar-refractivity contribution in [2.45, 2.75) is 31.3 Å². The molecular formula is C11H14Cl2N2. The minimum Gasteiger partial charge on any atom is -0.380 e. The first-order valence-electron chi connectivity index (χ1n) is 5.14. The average Bonchev–Trinajstić information content (AvgIpc) is 2.60. The minimum atomic E-state index is 0.222. The number of halogens is 2. The van der Waals surface area contributed by atoms with Gasteiger partial charge in [-0.1, -0.05) is 29.3 Å². The first kappa shape index (κ1) is 11.1. The van der Waals surface area contributed by atoms with E-state index in [0.29, 0.717) is 16.1 Å². The Morgan fingerprint density at radius 2 is 2.07 bits per heavy atom. The van der Waals surface area contributed by atoms with Crippen LogP contribution in [0.4, 0.5) is 5.69 Å². The quantitative estimate of drug-likeness (QED) is 0.839. The summed E-state index contributed by atoms with van der Waals surface area (Å²) in [7, 11) is 0. The van der Waals surface area contributed by atoms with Crippen molar-refractivity contribution in [2.24, 2.45) is 5.73 Å². The number of benzene rings is 1. The largest absolute Gasteiger partial charge is 0.380 e. The van der Waals surface area contributed by atoms with Crippen LogP contribution in [0.25, 0.3) is 0 Å². The van der Waals surface area contributed by atoms with Crippen LogP contribution in [0.3, 0.4) is 0 Å². The first-order valence-corrected chi connectivity index (χ1v) is 5.90. The Kier molecular flexibility index (Phi) is 3.39. The van der Waals surface area contributed by atoms with Gasteiger partial charge in [-0.2, -0.15) is 0 Å². The van der Waals surface area contributed by atoms with E-state index in [9.17, 15) is 0 Å². The van der Waals surface area contributed by atoms with Gasteiger partial charge in [-0.25, -0.2) is 0 Å². The summed E-state index contributed by atoms with van der Waals surface area (Å²) in [4.78, 5) is 0. The lowest BCUT2D eigenvalue weighted by Crippen LogP contribution is -2.35. The number of anilines is 1. The molecule has 4 heteroatoms. The summed E-state index contributed by atoms with van der Waals surface area (Å²) in [5.41, 5.74) is 6.86. The molecule has 3 N–H and O–H groups in total. The Morgan fingerprint density at radius 1 is 1.27 bits per heavy atom. The molecule has 1 aromatic carbocycles. The Labute approximate surface area is 99.7 Å². The van der Waals surface area contributed by atoms with Crippen LogP contribution in [-0.4, -0.2) is 12.1 Å². The number of hydrogen-bond donors (Lipinski definition) is 2. The van der Waals surface area contributed by atoms with Crippen LogP contribution < -0.4 is 11.1 Å². The van der Waals surface area contributed by atoms with E-state index in [4.69, 9.17) is 28.9 Å². The van der Waals surface area contributed by atoms with Gasteiger partial charge in [0.25, 0.3) is 0 Å². The summed E-state index contributed by atoms with van der Waals surface area (Å²) in [6.07, 6.45) is 3.36. The molecule has 1 aliphatic carbocycles. The molecule has 0 radical (unpaired) electrons. The van der Waals surface area contributed by atoms with E-state index < -0.39 is 0 Å². The molecule has 0 saturated heterocycles. The Hall–Kier alpha value is -0.440. The van der Waals surface area contributed by atoms with E-state index in [1.54, 1.807) is 6.07 Å². The standard InChI is InChI=1S/C11H14Cl2N2/c12-7-3-1-6-10(11(7)13)15-9-5-2-4-8(9)14/h1,3,6,8-9,15H,2,4-5,14H2. The van der Waals surface area contributed by atoms with E-state index in [1.807, 2.05) is 12.1 Å². The van der Waals surface area contributed by atoms with Crippen molar-refractivity contribution in [2.75, 3.05) is 5.32 Å². The maximum absolute atomic E-state index is 6.08. The van der Waals surface area contributed by atoms with Crippen molar-refractivity contribution in [3.8, 4) is 0 Å². The average molecular weight is 245 g/mol. The highest BCUT2D eigenvalue weighted by atomic mass is 35.5. The smallest absolute Gasteiger partial charge is 0.0823 e. The van der Waals surface area contributed by atoms with Crippen LogP contribution in [0.2, 0.25) is 10.0 Å². The fourth-order valence-electron chi connectivity index (χ4n) is 1.98. The molecule has 0 bridgehead atoms. The van der Waals surface area contributed by atoms with Crippen LogP contribution in [0.15, 0.2) is 18.2 Å². The summed E-state index contributed by atoms with van der Waals surface area (Å²) < 4.78 is 0. The first-order chi connectivity index (χ1) is 7.18. The summed E-state index contributed by atoms with van der Waals surface area (Å²) in [6.45, 7) is 0. The lowest BCUT2D eigenvalue weighted by atomic mass is 10.2. The summed E-state index contributed by atoms with van der Waals surface area (Å²) in [6, 6.07) is 6.14. The fraction of sp³-hybridized carbons (Fsp3) is 0.455. The number of hydrogen-bond acceptors (Lipinski definition) is 2. The van der Waals surface area contributed by atoms with Gasteiger partial charge in [0, 0.05) is 12.1 Å². The molecule has 82 valence electrons. The molecular weight excluding hydrogens is 231 g/mol. The normalized spacial score (nSPS) is 25.5. The van der Waals surface area contributed by atoms with Crippen molar-refractivity contribution >= 4 is 28.9 Å². The Morgan fingerprint density at radius 3 is 2.73 bits per heavy atom. The topological polar surface area (TPSA) is 38.0 Å². The van der Waals surface area contributed by atoms with Crippen LogP contribution >= 0.6 is 23.2 Å². The second-order valence-corrected chi connectivity index (χ2v) is 4.73. The van der Waals surface area contributed by atoms with Gasteiger partial charge in [0.1, 0.15) is 0 Å². The molecule has 1 aromatic rings. The van der Waals surface area contributed by atoms with E-state index in [1.165, 1.54) is 6.42 Å². The Bertz CT molecular complexity index is 354. The van der Waals surface area contributed by atoms with Crippen LogP contribution in [0, 0.1) is 0 Å². The van der Waals surface area contributed by atoms with Gasteiger partial charge in [-0.3, -0.25) is 0 Å². The summed E-state index contributed by atoms with van der Waals surface area (Å²) >= 11 is 12.0. The molecule has 1 fully saturated rings. The number of nitrogens with two attached hydrogens (primary N) is 1. The highest BCUT2D eigenvalue weighted by Crippen LogP contribution is 2.31. The third kappa shape index (κ3) is 2.39. The third-order valence-corrected chi connectivity index (χ3v) is 3.68. The maximum Gasteiger partial charge on any atom is 0.0823 e. The molecule has 15 heavy (non-hydrogen) atoms. The van der Waals surface area contributed by atoms with Gasteiger partial charge in [0.15, 0.2) is 0 Å². The van der Waals surface area contributed by atoms with E-state index in [-0.39, 0.29) is 6.04 Å². The zero-order chi connectivity index (χ0) is 10.8. The van der Waals surface area contributed by atoms with Gasteiger partial charge < -0.3 is 11.1 Å². The highest BCUT2D eigenvalue weighted by Gasteiger charge is 2.24. The second-order valence-electron chi connectivity index (χ2n) is 3.95. The van der Waals surface area contributed by atoms with E-state index in [2.05, 4.69) is 5.32 Å². The lowest BCUT2D eigenvalue weighted by Gasteiger charge is -2.19. The van der Waals surface area contributed by atoms with Gasteiger partial charge in [0.2, 0.25) is 0 Å². The molecule has 0 aliphatic heterocycles. The molecule has 2 atom stereocenters. The molecule has 2 nitrogen and oxygen atoms in total. The van der Waals surface area contributed by atoms with Crippen molar-refractivity contribution in [1.82, 2.24) is 0 Å². The van der Waals surface area contributed by atoms with Gasteiger partial charge in [0.05, 0.1) is 15.7 Å². The van der Waals surface area contributed by atoms with Crippen molar-refractivity contribution in [3.05, 3.63) is 28.2 Å². The Balaban J connectivity index is 2.13. The maximum atomic E-state index is 6.08. The van der Waals surface area contributed by atoms with Crippen molar-refractivity contribution < 1.29 is 0 Å². The molecule has 0 aromatic heterocycles. The zero-order valence-electron chi connectivity index (χ0n) is 8.34. The highest BCUT2D eigenvalue weighted by molar-refractivity contribution is 6.43. The number of rotatable bonds is 2. The third-order valence-electron chi connectivity index (χ3n) is 2.86. The van der Waals surface area contributed by atoms with Crippen LogP contribution in [0.5, 0.6) is 0 Å². The van der Waals surface area contributed by atoms with E-state index >= 15 is 0 Å². The fourth-order valence-corrected chi connectivity index (χ4v) is 2.34. The molecule has 1 aliphatic rings. The predicted octanol–water partition coefficient (Wildman–Crippen LogP) is 3.29. The number of nitrogens with one attached hydrogen (secondary N) is 1. The lowest BCUT2D eigenvalue weighted by molar-refractivity contribution is 0.638.